The first kappa shape index (κ1) is 43.4. The molecule has 1 fully saturated rings. The van der Waals surface area contributed by atoms with E-state index in [0.717, 1.165) is 34.2 Å². The van der Waals surface area contributed by atoms with Crippen LogP contribution in [0.2, 0.25) is 0 Å². The van der Waals surface area contributed by atoms with Crippen LogP contribution in [0.3, 0.4) is 0 Å². The highest BCUT2D eigenvalue weighted by Crippen LogP contribution is 2.34. The van der Waals surface area contributed by atoms with E-state index in [1.165, 1.54) is 24.3 Å². The SMILES string of the molecule is CC(C)(C)OC(=O)NCc1cccc(-n2nc(C(F)(F)F)cc2C(=O)Nc2cc(C(NCC3CC3)c3ccc(-c4ccc(NC(=O)OC(C)(C)C)cc4)cc3)ccc2F)c1. The Labute approximate surface area is 345 Å². The zero-order valence-corrected chi connectivity index (χ0v) is 34.2. The van der Waals surface area contributed by atoms with Gasteiger partial charge in [-0.2, -0.15) is 18.3 Å². The van der Waals surface area contributed by atoms with Crippen LogP contribution in [-0.2, 0) is 22.2 Å². The lowest BCUT2D eigenvalue weighted by molar-refractivity contribution is -0.141. The molecule has 316 valence electrons. The molecule has 11 nitrogen and oxygen atoms in total. The largest absolute Gasteiger partial charge is 0.444 e. The number of nitrogens with zero attached hydrogens (tertiary/aromatic N) is 2. The quantitative estimate of drug-likeness (QED) is 0.0920. The van der Waals surface area contributed by atoms with Gasteiger partial charge in [0.2, 0.25) is 0 Å². The molecule has 1 atom stereocenters. The summed E-state index contributed by atoms with van der Waals surface area (Å²) in [6, 6.07) is 25.7. The van der Waals surface area contributed by atoms with Crippen molar-refractivity contribution in [1.29, 1.82) is 0 Å². The number of rotatable bonds is 12. The molecule has 4 N–H and O–H groups in total. The van der Waals surface area contributed by atoms with E-state index >= 15 is 4.39 Å². The average Bonchev–Trinajstić information content (AvgIpc) is 3.87. The van der Waals surface area contributed by atoms with Gasteiger partial charge in [0.25, 0.3) is 5.91 Å². The summed E-state index contributed by atoms with van der Waals surface area (Å²) < 4.78 is 68.8. The lowest BCUT2D eigenvalue weighted by Gasteiger charge is -2.21. The van der Waals surface area contributed by atoms with Crippen molar-refractivity contribution in [2.75, 3.05) is 17.2 Å². The van der Waals surface area contributed by atoms with Gasteiger partial charge in [-0.1, -0.05) is 54.6 Å². The van der Waals surface area contributed by atoms with Crippen molar-refractivity contribution in [3.63, 3.8) is 0 Å². The number of ether oxygens (including phenoxy) is 2. The third kappa shape index (κ3) is 11.9. The molecule has 0 radical (unpaired) electrons. The van der Waals surface area contributed by atoms with Crippen molar-refractivity contribution in [1.82, 2.24) is 20.4 Å². The Bertz CT molecular complexity index is 2330. The number of benzene rings is 4. The molecule has 3 amide bonds. The fourth-order valence-corrected chi connectivity index (χ4v) is 6.24. The first-order chi connectivity index (χ1) is 28.2. The predicted molar refractivity (Wildman–Crippen MR) is 220 cm³/mol. The van der Waals surface area contributed by atoms with Crippen LogP contribution in [0.5, 0.6) is 0 Å². The van der Waals surface area contributed by atoms with E-state index < -0.39 is 58.7 Å². The fourth-order valence-electron chi connectivity index (χ4n) is 6.24. The van der Waals surface area contributed by atoms with Gasteiger partial charge in [0.15, 0.2) is 5.69 Å². The fraction of sp³-hybridized carbons (Fsp3) is 0.333. The summed E-state index contributed by atoms with van der Waals surface area (Å²) in [5.74, 6) is -1.32. The minimum absolute atomic E-state index is 0.0173. The van der Waals surface area contributed by atoms with Crippen LogP contribution >= 0.6 is 0 Å². The Kier molecular flexibility index (Phi) is 12.7. The van der Waals surface area contributed by atoms with Gasteiger partial charge in [0, 0.05) is 18.3 Å². The van der Waals surface area contributed by atoms with Gasteiger partial charge in [-0.05, 0) is 131 Å². The summed E-state index contributed by atoms with van der Waals surface area (Å²) in [4.78, 5) is 38.2. The minimum Gasteiger partial charge on any atom is -0.444 e. The van der Waals surface area contributed by atoms with E-state index in [-0.39, 0.29) is 17.9 Å². The summed E-state index contributed by atoms with van der Waals surface area (Å²) in [6.45, 7) is 11.2. The molecule has 4 aromatic carbocycles. The van der Waals surface area contributed by atoms with Crippen LogP contribution in [0.15, 0.2) is 97.1 Å². The summed E-state index contributed by atoms with van der Waals surface area (Å²) in [6.07, 6.45) is -3.96. The molecule has 1 aliphatic rings. The highest BCUT2D eigenvalue weighted by molar-refractivity contribution is 6.03. The van der Waals surface area contributed by atoms with E-state index in [2.05, 4.69) is 26.4 Å². The number of carbonyl (C=O) groups excluding carboxylic acids is 3. The Hall–Kier alpha value is -6.22. The Morgan fingerprint density at radius 3 is 2.00 bits per heavy atom. The second-order valence-electron chi connectivity index (χ2n) is 16.7. The normalized spacial score (nSPS) is 13.6. The molecule has 1 aromatic heterocycles. The summed E-state index contributed by atoms with van der Waals surface area (Å²) >= 11 is 0. The first-order valence-electron chi connectivity index (χ1n) is 19.5. The molecule has 0 spiro atoms. The Morgan fingerprint density at radius 2 is 1.38 bits per heavy atom. The molecule has 6 rings (SSSR count). The average molecular weight is 829 g/mol. The molecule has 1 saturated carbocycles. The molecule has 1 unspecified atom stereocenters. The van der Waals surface area contributed by atoms with Gasteiger partial charge in [0.05, 0.1) is 17.4 Å². The number of aromatic nitrogens is 2. The minimum atomic E-state index is -4.89. The van der Waals surface area contributed by atoms with Crippen LogP contribution in [0.4, 0.5) is 38.5 Å². The monoisotopic (exact) mass is 828 g/mol. The number of halogens is 4. The van der Waals surface area contributed by atoms with E-state index in [1.54, 1.807) is 71.9 Å². The molecule has 1 heterocycles. The van der Waals surface area contributed by atoms with Crippen molar-refractivity contribution in [2.45, 2.75) is 84.3 Å². The molecule has 5 aromatic rings. The van der Waals surface area contributed by atoms with Crippen LogP contribution in [0, 0.1) is 11.7 Å². The summed E-state index contributed by atoms with van der Waals surface area (Å²) in [5.41, 5.74) is 1.07. The molecular formula is C45H48F4N6O5. The standard InChI is InChI=1S/C45H48F4N6O5/c1-43(2,3)59-41(57)51-26-28-8-7-9-34(22-28)55-37(24-38(54-55)45(47,48)49)40(56)53-36-23-32(18-21-35(36)46)39(50-25-27-10-11-27)31-14-12-29(13-15-31)30-16-19-33(20-17-30)52-42(58)60-44(4,5)6/h7-9,12-24,27,39,50H,10-11,25-26H2,1-6H3,(H,51,57)(H,52,58)(H,53,56). The second kappa shape index (κ2) is 17.6. The van der Waals surface area contributed by atoms with Gasteiger partial charge >= 0.3 is 18.4 Å². The Balaban J connectivity index is 1.23. The number of nitrogens with one attached hydrogen (secondary N) is 4. The summed E-state index contributed by atoms with van der Waals surface area (Å²) in [7, 11) is 0. The second-order valence-corrected chi connectivity index (χ2v) is 16.7. The summed E-state index contributed by atoms with van der Waals surface area (Å²) in [5, 5.41) is 15.1. The van der Waals surface area contributed by atoms with Crippen LogP contribution in [-0.4, -0.2) is 45.6 Å². The van der Waals surface area contributed by atoms with Crippen LogP contribution < -0.4 is 21.3 Å². The van der Waals surface area contributed by atoms with Crippen LogP contribution in [0.25, 0.3) is 16.8 Å². The van der Waals surface area contributed by atoms with E-state index in [4.69, 9.17) is 9.47 Å². The number of anilines is 2. The molecule has 0 saturated heterocycles. The molecule has 0 aliphatic heterocycles. The topological polar surface area (TPSA) is 136 Å². The third-order valence-corrected chi connectivity index (χ3v) is 9.21. The Morgan fingerprint density at radius 1 is 0.767 bits per heavy atom. The molecular weight excluding hydrogens is 781 g/mol. The number of alkyl halides is 3. The lowest BCUT2D eigenvalue weighted by atomic mass is 9.95. The number of alkyl carbamates (subject to hydrolysis) is 1. The predicted octanol–water partition coefficient (Wildman–Crippen LogP) is 10.4. The number of hydrogen-bond acceptors (Lipinski definition) is 7. The van der Waals surface area contributed by atoms with E-state index in [9.17, 15) is 27.6 Å². The van der Waals surface area contributed by atoms with Crippen molar-refractivity contribution < 1.29 is 41.4 Å². The number of hydrogen-bond donors (Lipinski definition) is 4. The highest BCUT2D eigenvalue weighted by atomic mass is 19.4. The van der Waals surface area contributed by atoms with Gasteiger partial charge < -0.3 is 25.4 Å². The maximum atomic E-state index is 15.5. The molecule has 1 aliphatic carbocycles. The lowest BCUT2D eigenvalue weighted by Crippen LogP contribution is -2.32. The van der Waals surface area contributed by atoms with Crippen LogP contribution in [0.1, 0.15) is 93.3 Å². The molecule has 15 heteroatoms. The smallest absolute Gasteiger partial charge is 0.435 e. The number of amides is 3. The van der Waals surface area contributed by atoms with Gasteiger partial charge in [-0.15, -0.1) is 0 Å². The van der Waals surface area contributed by atoms with Crippen molar-refractivity contribution >= 4 is 29.5 Å². The van der Waals surface area contributed by atoms with Gasteiger partial charge in [-0.3, -0.25) is 10.1 Å². The van der Waals surface area contributed by atoms with E-state index in [0.29, 0.717) is 35.3 Å². The maximum Gasteiger partial charge on any atom is 0.435 e. The number of carbonyl (C=O) groups is 3. The third-order valence-electron chi connectivity index (χ3n) is 9.21. The van der Waals surface area contributed by atoms with Crippen molar-refractivity contribution in [2.24, 2.45) is 5.92 Å². The van der Waals surface area contributed by atoms with Crippen molar-refractivity contribution in [3.05, 3.63) is 131 Å². The highest BCUT2D eigenvalue weighted by Gasteiger charge is 2.36. The van der Waals surface area contributed by atoms with Crippen molar-refractivity contribution in [3.8, 4) is 16.8 Å². The zero-order chi connectivity index (χ0) is 43.4. The molecule has 60 heavy (non-hydrogen) atoms. The zero-order valence-electron chi connectivity index (χ0n) is 34.2. The first-order valence-corrected chi connectivity index (χ1v) is 19.5. The van der Waals surface area contributed by atoms with Gasteiger partial charge in [-0.25, -0.2) is 18.7 Å². The maximum absolute atomic E-state index is 15.5. The molecule has 0 bridgehead atoms. The van der Waals surface area contributed by atoms with Gasteiger partial charge in [0.1, 0.15) is 22.7 Å². The van der Waals surface area contributed by atoms with E-state index in [1.807, 2.05) is 36.4 Å².